The van der Waals surface area contributed by atoms with Gasteiger partial charge in [0.1, 0.15) is 0 Å². The Bertz CT molecular complexity index is 1100. The summed E-state index contributed by atoms with van der Waals surface area (Å²) in [4.78, 5) is 6.17. The molecule has 4 rings (SSSR count). The van der Waals surface area contributed by atoms with E-state index in [1.807, 2.05) is 13.0 Å². The molecule has 1 fully saturated rings. The Kier molecular flexibility index (Phi) is 7.00. The van der Waals surface area contributed by atoms with E-state index in [0.29, 0.717) is 42.1 Å². The fourth-order valence-electron chi connectivity index (χ4n) is 4.68. The standard InChI is InChI=1S/C23H25ClF8N4/c1-13-8-14(2)18(16(24)9-13)36-7-3-6-35-17(19(22(27,28)29)33-20(35)36)11-34(10-15-4-5-15)12-21(25,26)23(30,31)32/h8-9,15H,3-7,10-12H2,1-2H3. The first-order chi connectivity index (χ1) is 16.6. The van der Waals surface area contributed by atoms with Crippen LogP contribution in [0, 0.1) is 19.8 Å². The summed E-state index contributed by atoms with van der Waals surface area (Å²) in [5, 5.41) is 0.319. The molecule has 1 aliphatic heterocycles. The Morgan fingerprint density at radius 2 is 1.69 bits per heavy atom. The van der Waals surface area contributed by atoms with Crippen molar-refractivity contribution < 1.29 is 35.1 Å². The summed E-state index contributed by atoms with van der Waals surface area (Å²) in [5.41, 5.74) is 0.335. The van der Waals surface area contributed by atoms with E-state index in [0.717, 1.165) is 10.5 Å². The van der Waals surface area contributed by atoms with Crippen LogP contribution in [0.1, 0.15) is 41.8 Å². The minimum absolute atomic E-state index is 0.0635. The number of aromatic nitrogens is 2. The highest BCUT2D eigenvalue weighted by atomic mass is 35.5. The second-order valence-electron chi connectivity index (χ2n) is 9.59. The number of fused-ring (bicyclic) bond motifs is 1. The molecule has 2 aliphatic rings. The molecule has 0 saturated heterocycles. The average Bonchev–Trinajstić information content (AvgIpc) is 3.44. The third-order valence-electron chi connectivity index (χ3n) is 6.42. The molecule has 1 saturated carbocycles. The lowest BCUT2D eigenvalue weighted by Gasteiger charge is -2.33. The third kappa shape index (κ3) is 5.44. The quantitative estimate of drug-likeness (QED) is 0.347. The number of anilines is 2. The van der Waals surface area contributed by atoms with Crippen LogP contribution in [0.5, 0.6) is 0 Å². The number of alkyl halides is 8. The molecule has 0 bridgehead atoms. The van der Waals surface area contributed by atoms with Gasteiger partial charge in [0.2, 0.25) is 5.95 Å². The molecule has 13 heteroatoms. The zero-order valence-corrected chi connectivity index (χ0v) is 20.3. The molecule has 1 aromatic carbocycles. The van der Waals surface area contributed by atoms with Crippen LogP contribution >= 0.6 is 11.6 Å². The molecular weight excluding hydrogens is 520 g/mol. The number of imidazole rings is 1. The van der Waals surface area contributed by atoms with Crippen LogP contribution < -0.4 is 4.90 Å². The van der Waals surface area contributed by atoms with Crippen LogP contribution in [-0.4, -0.2) is 46.2 Å². The predicted octanol–water partition coefficient (Wildman–Crippen LogP) is 7.12. The van der Waals surface area contributed by atoms with Gasteiger partial charge in [0.15, 0.2) is 5.69 Å². The zero-order valence-electron chi connectivity index (χ0n) is 19.6. The highest BCUT2D eigenvalue weighted by Crippen LogP contribution is 2.43. The molecule has 0 unspecified atom stereocenters. The molecule has 0 spiro atoms. The average molecular weight is 545 g/mol. The van der Waals surface area contributed by atoms with Crippen LogP contribution in [0.3, 0.4) is 0 Å². The van der Waals surface area contributed by atoms with Crippen LogP contribution in [0.2, 0.25) is 5.02 Å². The van der Waals surface area contributed by atoms with Gasteiger partial charge in [0, 0.05) is 26.2 Å². The van der Waals surface area contributed by atoms with Crippen LogP contribution in [0.15, 0.2) is 12.1 Å². The highest BCUT2D eigenvalue weighted by Gasteiger charge is 2.58. The van der Waals surface area contributed by atoms with Crippen molar-refractivity contribution in [2.24, 2.45) is 5.92 Å². The van der Waals surface area contributed by atoms with Crippen molar-refractivity contribution in [1.29, 1.82) is 0 Å². The van der Waals surface area contributed by atoms with Crippen LogP contribution in [0.4, 0.5) is 46.8 Å². The highest BCUT2D eigenvalue weighted by molar-refractivity contribution is 6.33. The molecule has 0 atom stereocenters. The van der Waals surface area contributed by atoms with Gasteiger partial charge in [0.25, 0.3) is 0 Å². The number of hydrogen-bond acceptors (Lipinski definition) is 3. The van der Waals surface area contributed by atoms with Gasteiger partial charge in [-0.3, -0.25) is 4.90 Å². The first-order valence-electron chi connectivity index (χ1n) is 11.5. The Balaban J connectivity index is 1.77. The molecular formula is C23H25ClF8N4. The van der Waals surface area contributed by atoms with Gasteiger partial charge < -0.3 is 9.47 Å². The summed E-state index contributed by atoms with van der Waals surface area (Å²) in [6, 6.07) is 3.50. The van der Waals surface area contributed by atoms with Gasteiger partial charge in [-0.15, -0.1) is 0 Å². The largest absolute Gasteiger partial charge is 0.454 e. The SMILES string of the molecule is Cc1cc(C)c(N2CCCn3c2nc(C(F)(F)F)c3CN(CC2CC2)CC(F)(F)C(F)(F)F)c(Cl)c1. The maximum absolute atomic E-state index is 14.1. The van der Waals surface area contributed by atoms with Gasteiger partial charge in [-0.25, -0.2) is 4.98 Å². The minimum Gasteiger partial charge on any atom is -0.312 e. The van der Waals surface area contributed by atoms with E-state index in [1.54, 1.807) is 17.9 Å². The summed E-state index contributed by atoms with van der Waals surface area (Å²) in [6.45, 7) is 1.39. The van der Waals surface area contributed by atoms with Gasteiger partial charge >= 0.3 is 18.3 Å². The Morgan fingerprint density at radius 3 is 2.25 bits per heavy atom. The lowest BCUT2D eigenvalue weighted by molar-refractivity contribution is -0.287. The summed E-state index contributed by atoms with van der Waals surface area (Å²) < 4.78 is 110. The maximum Gasteiger partial charge on any atom is 0.454 e. The summed E-state index contributed by atoms with van der Waals surface area (Å²) in [7, 11) is 0. The van der Waals surface area contributed by atoms with Gasteiger partial charge in [-0.2, -0.15) is 35.1 Å². The van der Waals surface area contributed by atoms with Crippen molar-refractivity contribution in [3.8, 4) is 0 Å². The maximum atomic E-state index is 14.1. The van der Waals surface area contributed by atoms with E-state index in [9.17, 15) is 35.1 Å². The van der Waals surface area contributed by atoms with Gasteiger partial charge in [0.05, 0.1) is 22.9 Å². The molecule has 200 valence electrons. The predicted molar refractivity (Wildman–Crippen MR) is 119 cm³/mol. The number of aryl methyl sites for hydroxylation is 2. The van der Waals surface area contributed by atoms with E-state index in [-0.39, 0.29) is 25.0 Å². The number of halogens is 9. The zero-order chi connectivity index (χ0) is 26.6. The molecule has 36 heavy (non-hydrogen) atoms. The van der Waals surface area contributed by atoms with E-state index < -0.39 is 42.8 Å². The van der Waals surface area contributed by atoms with Crippen molar-refractivity contribution >= 4 is 23.2 Å². The molecule has 0 N–H and O–H groups in total. The summed E-state index contributed by atoms with van der Waals surface area (Å²) in [5.74, 6) is -5.26. The van der Waals surface area contributed by atoms with E-state index >= 15 is 0 Å². The second-order valence-corrected chi connectivity index (χ2v) is 10.00. The normalized spacial score (nSPS) is 17.2. The van der Waals surface area contributed by atoms with Crippen LogP contribution in [-0.2, 0) is 19.3 Å². The first-order valence-corrected chi connectivity index (χ1v) is 11.8. The Hall–Kier alpha value is -2.08. The number of hydrogen-bond donors (Lipinski definition) is 0. The molecule has 2 aromatic rings. The van der Waals surface area contributed by atoms with E-state index in [1.165, 1.54) is 4.57 Å². The molecule has 0 amide bonds. The number of benzene rings is 1. The van der Waals surface area contributed by atoms with Crippen molar-refractivity contribution in [1.82, 2.24) is 14.5 Å². The van der Waals surface area contributed by atoms with Crippen molar-refractivity contribution in [3.05, 3.63) is 39.7 Å². The van der Waals surface area contributed by atoms with E-state index in [2.05, 4.69) is 4.98 Å². The van der Waals surface area contributed by atoms with E-state index in [4.69, 9.17) is 11.6 Å². The number of rotatable bonds is 7. The summed E-state index contributed by atoms with van der Waals surface area (Å²) >= 11 is 6.44. The molecule has 1 aliphatic carbocycles. The lowest BCUT2D eigenvalue weighted by atomic mass is 10.1. The number of nitrogens with zero attached hydrogens (tertiary/aromatic N) is 4. The lowest BCUT2D eigenvalue weighted by Crippen LogP contribution is -2.47. The van der Waals surface area contributed by atoms with Crippen molar-refractivity contribution in [3.63, 3.8) is 0 Å². The Labute approximate surface area is 207 Å². The third-order valence-corrected chi connectivity index (χ3v) is 6.71. The molecule has 1 aromatic heterocycles. The fraction of sp³-hybridized carbons (Fsp3) is 0.609. The molecule has 0 radical (unpaired) electrons. The minimum atomic E-state index is -5.81. The molecule has 4 nitrogen and oxygen atoms in total. The second kappa shape index (κ2) is 9.34. The van der Waals surface area contributed by atoms with Gasteiger partial charge in [-0.1, -0.05) is 17.7 Å². The smallest absolute Gasteiger partial charge is 0.312 e. The first kappa shape index (κ1) is 27.0. The van der Waals surface area contributed by atoms with Crippen molar-refractivity contribution in [2.45, 2.75) is 64.5 Å². The fourth-order valence-corrected chi connectivity index (χ4v) is 5.11. The van der Waals surface area contributed by atoms with Gasteiger partial charge in [-0.05, 0) is 56.2 Å². The summed E-state index contributed by atoms with van der Waals surface area (Å²) in [6.07, 6.45) is -9.09. The van der Waals surface area contributed by atoms with Crippen LogP contribution in [0.25, 0.3) is 0 Å². The topological polar surface area (TPSA) is 24.3 Å². The van der Waals surface area contributed by atoms with Crippen molar-refractivity contribution in [2.75, 3.05) is 24.5 Å². The monoisotopic (exact) mass is 544 g/mol. The Morgan fingerprint density at radius 1 is 1.03 bits per heavy atom. The molecule has 2 heterocycles.